The molecule has 32 heavy (non-hydrogen) atoms. The first-order chi connectivity index (χ1) is 15.2. The fourth-order valence-corrected chi connectivity index (χ4v) is 4.49. The van der Waals surface area contributed by atoms with Crippen molar-refractivity contribution in [1.29, 1.82) is 0 Å². The van der Waals surface area contributed by atoms with Gasteiger partial charge in [0.1, 0.15) is 12.6 Å². The Balaban J connectivity index is 0.00000289. The molecule has 176 valence electrons. The van der Waals surface area contributed by atoms with Gasteiger partial charge in [-0.3, -0.25) is 9.59 Å². The highest BCUT2D eigenvalue weighted by Gasteiger charge is 2.31. The summed E-state index contributed by atoms with van der Waals surface area (Å²) in [7, 11) is 0. The van der Waals surface area contributed by atoms with Gasteiger partial charge in [-0.25, -0.2) is 4.99 Å². The molecule has 2 amide bonds. The summed E-state index contributed by atoms with van der Waals surface area (Å²) in [5.41, 5.74) is 2.56. The minimum absolute atomic E-state index is 0. The molecule has 3 aliphatic heterocycles. The van der Waals surface area contributed by atoms with Gasteiger partial charge in [0.2, 0.25) is 5.91 Å². The molecule has 4 rings (SSSR count). The molecule has 1 aromatic rings. The van der Waals surface area contributed by atoms with E-state index in [0.29, 0.717) is 39.3 Å². The first-order valence-electron chi connectivity index (χ1n) is 11.4. The van der Waals surface area contributed by atoms with E-state index >= 15 is 0 Å². The number of hydrogen-bond acceptors (Lipinski definition) is 4. The lowest BCUT2D eigenvalue weighted by atomic mass is 10.00. The molecule has 2 fully saturated rings. The number of aliphatic imine (C=N–C) groups is 1. The van der Waals surface area contributed by atoms with Crippen molar-refractivity contribution in [2.24, 2.45) is 4.99 Å². The van der Waals surface area contributed by atoms with Crippen molar-refractivity contribution in [3.05, 3.63) is 35.4 Å². The number of carbonyl (C=O) groups is 2. The Hall–Kier alpha value is -1.88. The van der Waals surface area contributed by atoms with Crippen molar-refractivity contribution in [2.45, 2.75) is 38.8 Å². The van der Waals surface area contributed by atoms with Crippen molar-refractivity contribution in [3.8, 4) is 0 Å². The third kappa shape index (κ3) is 5.92. The van der Waals surface area contributed by atoms with Crippen LogP contribution >= 0.6 is 24.0 Å². The summed E-state index contributed by atoms with van der Waals surface area (Å²) in [5, 5.41) is 3.30. The number of nitrogens with zero attached hydrogens (tertiary/aromatic N) is 4. The molecule has 0 spiro atoms. The highest BCUT2D eigenvalue weighted by atomic mass is 127. The Bertz CT molecular complexity index is 820. The number of halogens is 1. The first-order valence-corrected chi connectivity index (χ1v) is 11.4. The molecule has 1 aromatic carbocycles. The van der Waals surface area contributed by atoms with Crippen molar-refractivity contribution in [3.63, 3.8) is 0 Å². The molecule has 0 aliphatic carbocycles. The number of guanidine groups is 1. The van der Waals surface area contributed by atoms with E-state index < -0.39 is 0 Å². The van der Waals surface area contributed by atoms with Gasteiger partial charge in [-0.05, 0) is 37.3 Å². The maximum absolute atomic E-state index is 12.8. The average Bonchev–Trinajstić information content (AvgIpc) is 3.36. The monoisotopic (exact) mass is 555 g/mol. The topological polar surface area (TPSA) is 77.5 Å². The molecular weight excluding hydrogens is 521 g/mol. The molecule has 1 N–H and O–H groups in total. The quantitative estimate of drug-likeness (QED) is 0.346. The van der Waals surface area contributed by atoms with Crippen molar-refractivity contribution in [1.82, 2.24) is 20.0 Å². The second kappa shape index (κ2) is 11.8. The van der Waals surface area contributed by atoms with Gasteiger partial charge in [0, 0.05) is 52.4 Å². The van der Waals surface area contributed by atoms with Gasteiger partial charge in [-0.2, -0.15) is 0 Å². The Morgan fingerprint density at radius 2 is 1.78 bits per heavy atom. The van der Waals surface area contributed by atoms with E-state index in [1.165, 1.54) is 11.1 Å². The molecule has 0 radical (unpaired) electrons. The van der Waals surface area contributed by atoms with Gasteiger partial charge >= 0.3 is 0 Å². The van der Waals surface area contributed by atoms with Gasteiger partial charge in [-0.15, -0.1) is 24.0 Å². The highest BCUT2D eigenvalue weighted by molar-refractivity contribution is 14.0. The van der Waals surface area contributed by atoms with Crippen LogP contribution in [-0.2, 0) is 27.3 Å². The molecule has 9 heteroatoms. The third-order valence-electron chi connectivity index (χ3n) is 6.28. The molecular formula is C23H34IN5O3. The summed E-state index contributed by atoms with van der Waals surface area (Å²) in [6, 6.07) is 8.32. The van der Waals surface area contributed by atoms with Crippen LogP contribution in [0.2, 0.25) is 0 Å². The summed E-state index contributed by atoms with van der Waals surface area (Å²) in [6.07, 6.45) is 2.42. The number of ether oxygens (including phenoxy) is 1. The summed E-state index contributed by atoms with van der Waals surface area (Å²) in [5.74, 6) is 0.911. The number of piperazine rings is 1. The number of nitrogens with one attached hydrogen (secondary N) is 1. The van der Waals surface area contributed by atoms with Gasteiger partial charge < -0.3 is 24.8 Å². The van der Waals surface area contributed by atoms with Crippen LogP contribution in [0.25, 0.3) is 0 Å². The van der Waals surface area contributed by atoms with Crippen LogP contribution in [0.15, 0.2) is 29.3 Å². The van der Waals surface area contributed by atoms with Crippen molar-refractivity contribution < 1.29 is 14.3 Å². The maximum atomic E-state index is 12.8. The number of fused-ring (bicyclic) bond motifs is 1. The molecule has 1 atom stereocenters. The molecule has 0 bridgehead atoms. The molecule has 3 heterocycles. The summed E-state index contributed by atoms with van der Waals surface area (Å²) >= 11 is 0. The van der Waals surface area contributed by atoms with E-state index in [4.69, 9.17) is 4.74 Å². The largest absolute Gasteiger partial charge is 0.368 e. The van der Waals surface area contributed by atoms with Gasteiger partial charge in [0.15, 0.2) is 5.96 Å². The average molecular weight is 555 g/mol. The fraction of sp³-hybridized carbons (Fsp3) is 0.609. The van der Waals surface area contributed by atoms with E-state index in [2.05, 4.69) is 33.4 Å². The van der Waals surface area contributed by atoms with Gasteiger partial charge in [0.05, 0.1) is 0 Å². The molecule has 2 saturated heterocycles. The molecule has 1 unspecified atom stereocenters. The first kappa shape index (κ1) is 24.8. The zero-order valence-corrected chi connectivity index (χ0v) is 21.1. The van der Waals surface area contributed by atoms with Gasteiger partial charge in [0.25, 0.3) is 5.91 Å². The number of benzene rings is 1. The van der Waals surface area contributed by atoms with E-state index in [1.54, 1.807) is 0 Å². The van der Waals surface area contributed by atoms with E-state index in [1.807, 2.05) is 22.8 Å². The second-order valence-electron chi connectivity index (χ2n) is 8.32. The predicted octanol–water partition coefficient (Wildman–Crippen LogP) is 1.48. The zero-order valence-electron chi connectivity index (χ0n) is 18.8. The molecule has 0 saturated carbocycles. The van der Waals surface area contributed by atoms with Crippen LogP contribution < -0.4 is 5.32 Å². The predicted molar refractivity (Wildman–Crippen MR) is 134 cm³/mol. The molecule has 3 aliphatic rings. The minimum atomic E-state index is -0.263. The van der Waals surface area contributed by atoms with E-state index in [-0.39, 0.29) is 48.4 Å². The zero-order chi connectivity index (χ0) is 21.6. The van der Waals surface area contributed by atoms with Crippen LogP contribution in [-0.4, -0.2) is 91.0 Å². The van der Waals surface area contributed by atoms with E-state index in [9.17, 15) is 9.59 Å². The summed E-state index contributed by atoms with van der Waals surface area (Å²) in [4.78, 5) is 35.9. The van der Waals surface area contributed by atoms with Crippen LogP contribution in [0.1, 0.15) is 30.9 Å². The Kier molecular flexibility index (Phi) is 9.15. The highest BCUT2D eigenvalue weighted by Crippen LogP contribution is 2.19. The lowest BCUT2D eigenvalue weighted by molar-refractivity contribution is -0.142. The van der Waals surface area contributed by atoms with E-state index in [0.717, 1.165) is 38.3 Å². The van der Waals surface area contributed by atoms with Crippen molar-refractivity contribution in [2.75, 3.05) is 52.4 Å². The lowest BCUT2D eigenvalue weighted by Crippen LogP contribution is -2.55. The maximum Gasteiger partial charge on any atom is 0.251 e. The third-order valence-corrected chi connectivity index (χ3v) is 6.28. The smallest absolute Gasteiger partial charge is 0.251 e. The fourth-order valence-electron chi connectivity index (χ4n) is 4.49. The Morgan fingerprint density at radius 1 is 1.06 bits per heavy atom. The summed E-state index contributed by atoms with van der Waals surface area (Å²) < 4.78 is 5.54. The SMILES string of the molecule is CCNC(=NCC(=O)N1CCc2ccccc2C1)N1CCN(C(=O)C2CCCO2)CC1.I. The molecule has 8 nitrogen and oxygen atoms in total. The van der Waals surface area contributed by atoms with Crippen LogP contribution in [0.4, 0.5) is 0 Å². The van der Waals surface area contributed by atoms with Gasteiger partial charge in [-0.1, -0.05) is 24.3 Å². The number of rotatable bonds is 4. The molecule has 0 aromatic heterocycles. The van der Waals surface area contributed by atoms with Crippen LogP contribution in [0.3, 0.4) is 0 Å². The Labute approximate surface area is 207 Å². The minimum Gasteiger partial charge on any atom is -0.368 e. The number of amides is 2. The standard InChI is InChI=1S/C23H33N5O3.HI/c1-2-24-23(27-13-11-26(12-14-27)22(30)20-8-5-15-31-20)25-16-21(29)28-10-9-18-6-3-4-7-19(18)17-28;/h3-4,6-7,20H,2,5,8-17H2,1H3,(H,24,25);1H. The van der Waals surface area contributed by atoms with Crippen LogP contribution in [0.5, 0.6) is 0 Å². The lowest BCUT2D eigenvalue weighted by Gasteiger charge is -2.37. The number of carbonyl (C=O) groups excluding carboxylic acids is 2. The normalized spacial score (nSPS) is 21.1. The van der Waals surface area contributed by atoms with Crippen molar-refractivity contribution >= 4 is 41.8 Å². The summed E-state index contributed by atoms with van der Waals surface area (Å²) in [6.45, 7) is 7.70. The number of hydrogen-bond donors (Lipinski definition) is 1. The Morgan fingerprint density at radius 3 is 2.47 bits per heavy atom. The van der Waals surface area contributed by atoms with Crippen LogP contribution in [0, 0.1) is 0 Å². The second-order valence-corrected chi connectivity index (χ2v) is 8.32.